The van der Waals surface area contributed by atoms with Gasteiger partial charge in [-0.05, 0) is 24.3 Å². The summed E-state index contributed by atoms with van der Waals surface area (Å²) in [7, 11) is 0. The van der Waals surface area contributed by atoms with Crippen LogP contribution in [0.3, 0.4) is 0 Å². The predicted octanol–water partition coefficient (Wildman–Crippen LogP) is 3.16. The van der Waals surface area contributed by atoms with Gasteiger partial charge in [0.2, 0.25) is 5.82 Å². The number of carbonyl (C=O) groups excluding carboxylic acids is 1. The van der Waals surface area contributed by atoms with Gasteiger partial charge in [0.05, 0.1) is 16.0 Å². The van der Waals surface area contributed by atoms with Crippen molar-refractivity contribution in [2.45, 2.75) is 0 Å². The van der Waals surface area contributed by atoms with Gasteiger partial charge in [0.15, 0.2) is 0 Å². The summed E-state index contributed by atoms with van der Waals surface area (Å²) in [6.45, 7) is 0. The van der Waals surface area contributed by atoms with Gasteiger partial charge in [-0.1, -0.05) is 12.1 Å². The lowest BCUT2D eigenvalue weighted by Gasteiger charge is -2.06. The molecule has 3 rings (SSSR count). The number of carbonyl (C=O) groups is 1. The van der Waals surface area contributed by atoms with Crippen LogP contribution in [0.1, 0.15) is 0 Å². The molecule has 0 aliphatic carbocycles. The lowest BCUT2D eigenvalue weighted by molar-refractivity contribution is -0.387. The van der Waals surface area contributed by atoms with Crippen LogP contribution in [0.5, 0.6) is 0 Å². The van der Waals surface area contributed by atoms with E-state index in [1.54, 1.807) is 24.3 Å². The highest BCUT2D eigenvalue weighted by Gasteiger charge is 2.16. The van der Waals surface area contributed by atoms with E-state index in [1.165, 1.54) is 17.0 Å². The molecule has 0 bridgehead atoms. The topological polar surface area (TPSA) is 90.1 Å². The number of amides is 1. The lowest BCUT2D eigenvalue weighted by Crippen LogP contribution is -2.18. The quantitative estimate of drug-likeness (QED) is 0.581. The van der Waals surface area contributed by atoms with Gasteiger partial charge in [-0.2, -0.15) is 4.39 Å². The fourth-order valence-electron chi connectivity index (χ4n) is 2.04. The Balaban J connectivity index is 1.91. The maximum atomic E-state index is 13.3. The van der Waals surface area contributed by atoms with Crippen molar-refractivity contribution in [3.8, 4) is 0 Å². The summed E-state index contributed by atoms with van der Waals surface area (Å²) in [6, 6.07) is 9.62. The SMILES string of the molecule is O=C(Nc1ccc(F)c([N+](=O)[O-])c1)n1cnc2ccccc21. The van der Waals surface area contributed by atoms with E-state index in [0.717, 1.165) is 12.1 Å². The van der Waals surface area contributed by atoms with Crippen molar-refractivity contribution in [3.63, 3.8) is 0 Å². The van der Waals surface area contributed by atoms with Crippen LogP contribution in [-0.2, 0) is 0 Å². The number of benzene rings is 2. The van der Waals surface area contributed by atoms with E-state index in [4.69, 9.17) is 0 Å². The molecular weight excluding hydrogens is 291 g/mol. The van der Waals surface area contributed by atoms with Gasteiger partial charge in [0.25, 0.3) is 0 Å². The minimum Gasteiger partial charge on any atom is -0.307 e. The van der Waals surface area contributed by atoms with Crippen molar-refractivity contribution in [1.82, 2.24) is 9.55 Å². The third-order valence-corrected chi connectivity index (χ3v) is 3.07. The first-order valence-electron chi connectivity index (χ1n) is 6.23. The molecule has 110 valence electrons. The van der Waals surface area contributed by atoms with E-state index in [1.807, 2.05) is 0 Å². The number of halogens is 1. The van der Waals surface area contributed by atoms with Crippen LogP contribution in [0, 0.1) is 15.9 Å². The fourth-order valence-corrected chi connectivity index (χ4v) is 2.04. The first-order valence-corrected chi connectivity index (χ1v) is 6.23. The highest BCUT2D eigenvalue weighted by atomic mass is 19.1. The molecule has 0 radical (unpaired) electrons. The molecule has 22 heavy (non-hydrogen) atoms. The summed E-state index contributed by atoms with van der Waals surface area (Å²) >= 11 is 0. The molecule has 1 heterocycles. The fraction of sp³-hybridized carbons (Fsp3) is 0. The molecule has 1 aromatic heterocycles. The Morgan fingerprint density at radius 1 is 1.27 bits per heavy atom. The van der Waals surface area contributed by atoms with Crippen LogP contribution < -0.4 is 5.32 Å². The molecular formula is C14H9FN4O3. The largest absolute Gasteiger partial charge is 0.331 e. The zero-order valence-electron chi connectivity index (χ0n) is 11.1. The van der Waals surface area contributed by atoms with E-state index in [9.17, 15) is 19.3 Å². The average Bonchev–Trinajstić information content (AvgIpc) is 2.93. The maximum absolute atomic E-state index is 13.3. The van der Waals surface area contributed by atoms with E-state index in [0.29, 0.717) is 11.0 Å². The minimum atomic E-state index is -0.962. The first-order chi connectivity index (χ1) is 10.6. The number of imidazole rings is 1. The third-order valence-electron chi connectivity index (χ3n) is 3.07. The molecule has 0 aliphatic heterocycles. The summed E-state index contributed by atoms with van der Waals surface area (Å²) in [6.07, 6.45) is 1.35. The molecule has 1 N–H and O–H groups in total. The number of hydrogen-bond donors (Lipinski definition) is 1. The zero-order valence-corrected chi connectivity index (χ0v) is 11.1. The molecule has 8 heteroatoms. The zero-order chi connectivity index (χ0) is 15.7. The number of nitro groups is 1. The van der Waals surface area contributed by atoms with Gasteiger partial charge in [-0.25, -0.2) is 9.78 Å². The molecule has 3 aromatic rings. The Bertz CT molecular complexity index is 891. The number of aromatic nitrogens is 2. The number of nitrogens with zero attached hydrogens (tertiary/aromatic N) is 3. The number of fused-ring (bicyclic) bond motifs is 1. The maximum Gasteiger partial charge on any atom is 0.331 e. The van der Waals surface area contributed by atoms with E-state index >= 15 is 0 Å². The van der Waals surface area contributed by atoms with Crippen LogP contribution in [0.15, 0.2) is 48.8 Å². The van der Waals surface area contributed by atoms with Gasteiger partial charge in [-0.15, -0.1) is 0 Å². The van der Waals surface area contributed by atoms with Crippen LogP contribution >= 0.6 is 0 Å². The number of nitrogens with one attached hydrogen (secondary N) is 1. The van der Waals surface area contributed by atoms with Gasteiger partial charge in [-0.3, -0.25) is 14.7 Å². The van der Waals surface area contributed by atoms with Crippen molar-refractivity contribution in [2.24, 2.45) is 0 Å². The average molecular weight is 300 g/mol. The number of anilines is 1. The molecule has 0 saturated heterocycles. The summed E-state index contributed by atoms with van der Waals surface area (Å²) in [5.41, 5.74) is 0.656. The van der Waals surface area contributed by atoms with Crippen molar-refractivity contribution in [2.75, 3.05) is 5.32 Å². The number of nitro benzene ring substituents is 1. The van der Waals surface area contributed by atoms with Crippen LogP contribution in [0.2, 0.25) is 0 Å². The molecule has 0 aliphatic rings. The van der Waals surface area contributed by atoms with Crippen molar-refractivity contribution in [3.05, 3.63) is 64.7 Å². The number of rotatable bonds is 2. The Morgan fingerprint density at radius 3 is 2.82 bits per heavy atom. The van der Waals surface area contributed by atoms with E-state index in [-0.39, 0.29) is 5.69 Å². The van der Waals surface area contributed by atoms with E-state index < -0.39 is 22.5 Å². The summed E-state index contributed by atoms with van der Waals surface area (Å²) < 4.78 is 14.5. The highest BCUT2D eigenvalue weighted by Crippen LogP contribution is 2.22. The molecule has 0 spiro atoms. The van der Waals surface area contributed by atoms with Crippen molar-refractivity contribution in [1.29, 1.82) is 0 Å². The van der Waals surface area contributed by atoms with Crippen LogP contribution in [0.4, 0.5) is 20.6 Å². The second kappa shape index (κ2) is 5.24. The normalized spacial score (nSPS) is 10.6. The molecule has 0 atom stereocenters. The monoisotopic (exact) mass is 300 g/mol. The van der Waals surface area contributed by atoms with Crippen molar-refractivity contribution >= 4 is 28.4 Å². The van der Waals surface area contributed by atoms with Crippen LogP contribution in [-0.4, -0.2) is 20.5 Å². The van der Waals surface area contributed by atoms with Gasteiger partial charge < -0.3 is 5.32 Å². The minimum absolute atomic E-state index is 0.121. The Labute approximate surface area is 123 Å². The number of hydrogen-bond acceptors (Lipinski definition) is 4. The highest BCUT2D eigenvalue weighted by molar-refractivity contribution is 5.97. The van der Waals surface area contributed by atoms with Crippen LogP contribution in [0.25, 0.3) is 11.0 Å². The smallest absolute Gasteiger partial charge is 0.307 e. The molecule has 0 saturated carbocycles. The number of para-hydroxylation sites is 2. The molecule has 1 amide bonds. The summed E-state index contributed by atoms with van der Waals surface area (Å²) in [5.74, 6) is -0.962. The van der Waals surface area contributed by atoms with Gasteiger partial charge in [0, 0.05) is 11.8 Å². The molecule has 7 nitrogen and oxygen atoms in total. The standard InChI is InChI=1S/C14H9FN4O3/c15-10-6-5-9(7-13(10)19(21)22)17-14(20)18-8-16-11-3-1-2-4-12(11)18/h1-8H,(H,17,20). The Morgan fingerprint density at radius 2 is 2.05 bits per heavy atom. The summed E-state index contributed by atoms with van der Waals surface area (Å²) in [5, 5.41) is 13.2. The second-order valence-corrected chi connectivity index (χ2v) is 4.46. The molecule has 0 unspecified atom stereocenters. The Hall–Kier alpha value is -3.29. The second-order valence-electron chi connectivity index (χ2n) is 4.46. The van der Waals surface area contributed by atoms with E-state index in [2.05, 4.69) is 10.3 Å². The lowest BCUT2D eigenvalue weighted by atomic mass is 10.2. The Kier molecular flexibility index (Phi) is 3.26. The first kappa shape index (κ1) is 13.7. The third kappa shape index (κ3) is 2.37. The molecule has 0 fully saturated rings. The van der Waals surface area contributed by atoms with Crippen molar-refractivity contribution < 1.29 is 14.1 Å². The summed E-state index contributed by atoms with van der Waals surface area (Å²) in [4.78, 5) is 26.1. The van der Waals surface area contributed by atoms with Gasteiger partial charge >= 0.3 is 11.7 Å². The molecule has 2 aromatic carbocycles. The van der Waals surface area contributed by atoms with Gasteiger partial charge in [0.1, 0.15) is 6.33 Å². The predicted molar refractivity (Wildman–Crippen MR) is 77.2 cm³/mol.